The maximum atomic E-state index is 12.1. The van der Waals surface area contributed by atoms with E-state index in [-0.39, 0.29) is 11.8 Å². The molecule has 4 nitrogen and oxygen atoms in total. The normalized spacial score (nSPS) is 24.2. The van der Waals surface area contributed by atoms with E-state index in [1.165, 1.54) is 5.56 Å². The van der Waals surface area contributed by atoms with Crippen molar-refractivity contribution in [1.29, 1.82) is 0 Å². The quantitative estimate of drug-likeness (QED) is 0.744. The Kier molecular flexibility index (Phi) is 2.50. The number of aromatic amines is 1. The second-order valence-electron chi connectivity index (χ2n) is 4.43. The molecule has 0 amide bonds. The number of nitrogens with zero attached hydrogens (tertiary/aromatic N) is 1. The Labute approximate surface area is 115 Å². The Bertz CT molecular complexity index is 561. The van der Waals surface area contributed by atoms with E-state index in [4.69, 9.17) is 5.73 Å². The van der Waals surface area contributed by atoms with Gasteiger partial charge in [-0.15, -0.1) is 0 Å². The summed E-state index contributed by atoms with van der Waals surface area (Å²) in [5.41, 5.74) is 9.06. The van der Waals surface area contributed by atoms with Crippen molar-refractivity contribution >= 4 is 37.6 Å². The molecule has 1 atom stereocenters. The molecular weight excluding hydrogens is 350 g/mol. The molecule has 0 saturated heterocycles. The van der Waals surface area contributed by atoms with Gasteiger partial charge >= 0.3 is 0 Å². The first kappa shape index (κ1) is 11.5. The minimum absolute atomic E-state index is 0.0639. The molecule has 1 unspecified atom stereocenters. The number of ketones is 1. The van der Waals surface area contributed by atoms with Gasteiger partial charge in [0.15, 0.2) is 0 Å². The highest BCUT2D eigenvalue weighted by Crippen LogP contribution is 2.45. The molecule has 2 aliphatic rings. The van der Waals surface area contributed by atoms with Crippen LogP contribution in [0, 0.1) is 0 Å². The maximum Gasteiger partial charge on any atom is 0.226 e. The number of rotatable bonds is 0. The average Bonchev–Trinajstić information content (AvgIpc) is 2.63. The number of hydrogen-bond donors (Lipinski definition) is 2. The van der Waals surface area contributed by atoms with Gasteiger partial charge in [0.25, 0.3) is 0 Å². The van der Waals surface area contributed by atoms with Crippen LogP contribution < -0.4 is 5.73 Å². The monoisotopic (exact) mass is 359 g/mol. The van der Waals surface area contributed by atoms with E-state index in [1.54, 1.807) is 0 Å². The minimum Gasteiger partial charge on any atom is -0.395 e. The molecule has 3 N–H and O–H groups in total. The van der Waals surface area contributed by atoms with Gasteiger partial charge in [0.2, 0.25) is 5.78 Å². The summed E-state index contributed by atoms with van der Waals surface area (Å²) in [4.78, 5) is 17.4. The smallest absolute Gasteiger partial charge is 0.226 e. The van der Waals surface area contributed by atoms with Crippen molar-refractivity contribution in [3.05, 3.63) is 31.6 Å². The summed E-state index contributed by atoms with van der Waals surface area (Å²) in [5, 5.41) is 0. The topological polar surface area (TPSA) is 62.1 Å². The summed E-state index contributed by atoms with van der Waals surface area (Å²) in [6.07, 6.45) is 0.937. The summed E-state index contributed by atoms with van der Waals surface area (Å²) in [6, 6.07) is 0.0639. The largest absolute Gasteiger partial charge is 0.395 e. The average molecular weight is 361 g/mol. The van der Waals surface area contributed by atoms with E-state index in [2.05, 4.69) is 41.7 Å². The van der Waals surface area contributed by atoms with Crippen molar-refractivity contribution in [1.82, 2.24) is 9.88 Å². The van der Waals surface area contributed by atoms with Crippen molar-refractivity contribution in [3.8, 4) is 0 Å². The molecule has 17 heavy (non-hydrogen) atoms. The summed E-state index contributed by atoms with van der Waals surface area (Å²) in [6.45, 7) is 0.949. The summed E-state index contributed by atoms with van der Waals surface area (Å²) in [7, 11) is 2.04. The van der Waals surface area contributed by atoms with Crippen LogP contribution >= 0.6 is 31.9 Å². The second kappa shape index (κ2) is 3.70. The number of carbonyl (C=O) groups is 1. The standard InChI is InChI=1S/C11H11Br2N3O/c1-16-3-2-4-5-8(15-11(4)13)10(17)7(14)6(12)9(5)16/h9,15H,2-3,14H2,1H3. The first-order chi connectivity index (χ1) is 8.02. The van der Waals surface area contributed by atoms with Gasteiger partial charge in [-0.1, -0.05) is 15.9 Å². The molecule has 3 rings (SSSR count). The van der Waals surface area contributed by atoms with Gasteiger partial charge in [0.1, 0.15) is 0 Å². The Morgan fingerprint density at radius 3 is 2.88 bits per heavy atom. The Morgan fingerprint density at radius 2 is 2.18 bits per heavy atom. The number of nitrogens with two attached hydrogens (primary N) is 1. The molecule has 90 valence electrons. The molecule has 1 aromatic rings. The minimum atomic E-state index is -0.120. The van der Waals surface area contributed by atoms with Crippen molar-refractivity contribution in [2.45, 2.75) is 12.5 Å². The number of H-pyrrole nitrogens is 1. The molecule has 0 radical (unpaired) electrons. The third-order valence-corrected chi connectivity index (χ3v) is 5.03. The Balaban J connectivity index is 2.32. The van der Waals surface area contributed by atoms with E-state index in [0.29, 0.717) is 11.4 Å². The lowest BCUT2D eigenvalue weighted by molar-refractivity contribution is 0.101. The van der Waals surface area contributed by atoms with Gasteiger partial charge in [0.05, 0.1) is 22.0 Å². The van der Waals surface area contributed by atoms with E-state index >= 15 is 0 Å². The fraction of sp³-hybridized carbons (Fsp3) is 0.364. The molecule has 0 spiro atoms. The molecule has 2 heterocycles. The first-order valence-corrected chi connectivity index (χ1v) is 6.91. The number of halogens is 2. The lowest BCUT2D eigenvalue weighted by atomic mass is 9.88. The summed E-state index contributed by atoms with van der Waals surface area (Å²) < 4.78 is 1.69. The molecule has 0 aromatic carbocycles. The summed E-state index contributed by atoms with van der Waals surface area (Å²) in [5.74, 6) is -0.120. The fourth-order valence-corrected chi connectivity index (χ4v) is 3.96. The molecule has 6 heteroatoms. The molecule has 1 aliphatic carbocycles. The first-order valence-electron chi connectivity index (χ1n) is 5.32. The number of Topliss-reactive ketones (excluding diaryl/α,β-unsaturated/α-hetero) is 1. The van der Waals surface area contributed by atoms with Crippen LogP contribution in [0.2, 0.25) is 0 Å². The SMILES string of the molecule is CN1CCc2c(Br)[nH]c3c2C1C(Br)=C(N)C3=O. The van der Waals surface area contributed by atoms with Gasteiger partial charge < -0.3 is 10.7 Å². The van der Waals surface area contributed by atoms with Gasteiger partial charge in [-0.25, -0.2) is 0 Å². The van der Waals surface area contributed by atoms with Crippen molar-refractivity contribution < 1.29 is 4.79 Å². The van der Waals surface area contributed by atoms with Crippen LogP contribution in [0.1, 0.15) is 27.7 Å². The van der Waals surface area contributed by atoms with Crippen LogP contribution in [-0.2, 0) is 6.42 Å². The van der Waals surface area contributed by atoms with Crippen molar-refractivity contribution in [2.24, 2.45) is 5.73 Å². The maximum absolute atomic E-state index is 12.1. The fourth-order valence-electron chi connectivity index (χ4n) is 2.60. The van der Waals surface area contributed by atoms with E-state index in [9.17, 15) is 4.79 Å². The highest BCUT2D eigenvalue weighted by molar-refractivity contribution is 9.11. The van der Waals surface area contributed by atoms with Crippen LogP contribution in [0.25, 0.3) is 0 Å². The van der Waals surface area contributed by atoms with Crippen LogP contribution in [-0.4, -0.2) is 29.3 Å². The zero-order valence-corrected chi connectivity index (χ0v) is 12.4. The zero-order chi connectivity index (χ0) is 12.3. The van der Waals surface area contributed by atoms with E-state index < -0.39 is 0 Å². The number of hydrogen-bond acceptors (Lipinski definition) is 3. The van der Waals surface area contributed by atoms with E-state index in [0.717, 1.165) is 27.6 Å². The number of carbonyl (C=O) groups excluding carboxylic acids is 1. The van der Waals surface area contributed by atoms with Gasteiger partial charge in [-0.3, -0.25) is 9.69 Å². The second-order valence-corrected chi connectivity index (χ2v) is 6.08. The predicted molar refractivity (Wildman–Crippen MR) is 72.0 cm³/mol. The van der Waals surface area contributed by atoms with Crippen LogP contribution in [0.3, 0.4) is 0 Å². The number of allylic oxidation sites excluding steroid dienone is 1. The highest BCUT2D eigenvalue weighted by Gasteiger charge is 2.40. The molecular formula is C11H11Br2N3O. The van der Waals surface area contributed by atoms with Crippen LogP contribution in [0.4, 0.5) is 0 Å². The lowest BCUT2D eigenvalue weighted by Gasteiger charge is -2.36. The molecule has 1 aromatic heterocycles. The third kappa shape index (κ3) is 1.41. The summed E-state index contributed by atoms with van der Waals surface area (Å²) >= 11 is 6.96. The van der Waals surface area contributed by atoms with Crippen molar-refractivity contribution in [2.75, 3.05) is 13.6 Å². The molecule has 1 aliphatic heterocycles. The highest BCUT2D eigenvalue weighted by atomic mass is 79.9. The third-order valence-electron chi connectivity index (χ3n) is 3.49. The number of aromatic nitrogens is 1. The molecule has 0 fully saturated rings. The van der Waals surface area contributed by atoms with Gasteiger partial charge in [-0.05, 0) is 35.0 Å². The number of nitrogens with one attached hydrogen (secondary N) is 1. The Hall–Kier alpha value is -0.590. The van der Waals surface area contributed by atoms with Crippen LogP contribution in [0.5, 0.6) is 0 Å². The van der Waals surface area contributed by atoms with Gasteiger partial charge in [-0.2, -0.15) is 0 Å². The van der Waals surface area contributed by atoms with Crippen LogP contribution in [0.15, 0.2) is 14.8 Å². The number of likely N-dealkylation sites (N-methyl/N-ethyl adjacent to an activating group) is 1. The molecule has 0 saturated carbocycles. The molecule has 0 bridgehead atoms. The zero-order valence-electron chi connectivity index (χ0n) is 9.18. The lowest BCUT2D eigenvalue weighted by Crippen LogP contribution is -2.37. The van der Waals surface area contributed by atoms with Gasteiger partial charge in [0, 0.05) is 16.6 Å². The Morgan fingerprint density at radius 1 is 1.47 bits per heavy atom. The van der Waals surface area contributed by atoms with E-state index in [1.807, 2.05) is 7.05 Å². The predicted octanol–water partition coefficient (Wildman–Crippen LogP) is 2.07. The van der Waals surface area contributed by atoms with Crippen molar-refractivity contribution in [3.63, 3.8) is 0 Å².